The molecular formula is C12H25N. The van der Waals surface area contributed by atoms with Crippen molar-refractivity contribution in [3.63, 3.8) is 0 Å². The molecule has 0 aromatic carbocycles. The Bertz CT molecular complexity index is 112. The first-order valence-corrected chi connectivity index (χ1v) is 6.10. The van der Waals surface area contributed by atoms with Gasteiger partial charge < -0.3 is 5.32 Å². The monoisotopic (exact) mass is 183 g/mol. The molecule has 1 fully saturated rings. The third-order valence-corrected chi connectivity index (χ3v) is 3.49. The van der Waals surface area contributed by atoms with Gasteiger partial charge in [-0.2, -0.15) is 0 Å². The molecular weight excluding hydrogens is 158 g/mol. The minimum absolute atomic E-state index is 0.842. The van der Waals surface area contributed by atoms with Crippen LogP contribution in [0, 0.1) is 5.92 Å². The average Bonchev–Trinajstić information content (AvgIpc) is 2.21. The Morgan fingerprint density at radius 1 is 1.23 bits per heavy atom. The molecule has 1 N–H and O–H groups in total. The highest BCUT2D eigenvalue weighted by molar-refractivity contribution is 4.73. The molecule has 0 aromatic heterocycles. The zero-order valence-electron chi connectivity index (χ0n) is 9.31. The van der Waals surface area contributed by atoms with Crippen LogP contribution in [0.25, 0.3) is 0 Å². The predicted octanol–water partition coefficient (Wildman–Crippen LogP) is 3.34. The van der Waals surface area contributed by atoms with Crippen LogP contribution in [0.4, 0.5) is 0 Å². The minimum atomic E-state index is 0.842. The molecule has 13 heavy (non-hydrogen) atoms. The van der Waals surface area contributed by atoms with Crippen LogP contribution in [0.15, 0.2) is 0 Å². The van der Waals surface area contributed by atoms with Crippen molar-refractivity contribution in [3.05, 3.63) is 0 Å². The summed E-state index contributed by atoms with van der Waals surface area (Å²) < 4.78 is 0. The van der Waals surface area contributed by atoms with Crippen LogP contribution >= 0.6 is 0 Å². The van der Waals surface area contributed by atoms with Crippen molar-refractivity contribution in [2.24, 2.45) is 5.92 Å². The maximum atomic E-state index is 3.62. The molecule has 1 aliphatic rings. The highest BCUT2D eigenvalue weighted by atomic mass is 14.9. The Labute approximate surface area is 83.3 Å². The quantitative estimate of drug-likeness (QED) is 0.689. The average molecular weight is 183 g/mol. The lowest BCUT2D eigenvalue weighted by Gasteiger charge is -2.24. The third-order valence-electron chi connectivity index (χ3n) is 3.49. The summed E-state index contributed by atoms with van der Waals surface area (Å²) in [6.45, 7) is 5.90. The van der Waals surface area contributed by atoms with E-state index < -0.39 is 0 Å². The van der Waals surface area contributed by atoms with Crippen molar-refractivity contribution < 1.29 is 0 Å². The Morgan fingerprint density at radius 3 is 2.54 bits per heavy atom. The van der Waals surface area contributed by atoms with Crippen LogP contribution in [0.2, 0.25) is 0 Å². The topological polar surface area (TPSA) is 12.0 Å². The van der Waals surface area contributed by atoms with Gasteiger partial charge in [0.05, 0.1) is 0 Å². The highest BCUT2D eigenvalue weighted by Gasteiger charge is 2.13. The molecule has 1 aliphatic heterocycles. The zero-order valence-corrected chi connectivity index (χ0v) is 9.31. The van der Waals surface area contributed by atoms with Gasteiger partial charge in [-0.25, -0.2) is 0 Å². The third kappa shape index (κ3) is 4.12. The van der Waals surface area contributed by atoms with Gasteiger partial charge in [0, 0.05) is 6.04 Å². The molecule has 0 saturated carbocycles. The number of hydrogen-bond donors (Lipinski definition) is 1. The summed E-state index contributed by atoms with van der Waals surface area (Å²) in [5, 5.41) is 3.62. The molecule has 0 aliphatic carbocycles. The molecule has 1 heteroatoms. The van der Waals surface area contributed by atoms with Gasteiger partial charge in [0.15, 0.2) is 0 Å². The Morgan fingerprint density at radius 2 is 2.00 bits per heavy atom. The van der Waals surface area contributed by atoms with Crippen LogP contribution in [0.5, 0.6) is 0 Å². The van der Waals surface area contributed by atoms with Crippen LogP contribution in [0.1, 0.15) is 58.8 Å². The molecule has 0 unspecified atom stereocenters. The van der Waals surface area contributed by atoms with Gasteiger partial charge in [0.1, 0.15) is 0 Å². The van der Waals surface area contributed by atoms with Crippen molar-refractivity contribution in [2.45, 2.75) is 64.8 Å². The summed E-state index contributed by atoms with van der Waals surface area (Å²) in [5.74, 6) is 0.976. The maximum absolute atomic E-state index is 3.62. The number of hydrogen-bond acceptors (Lipinski definition) is 1. The molecule has 0 radical (unpaired) electrons. The molecule has 78 valence electrons. The van der Waals surface area contributed by atoms with Crippen LogP contribution in [0.3, 0.4) is 0 Å². The first-order valence-electron chi connectivity index (χ1n) is 6.10. The van der Waals surface area contributed by atoms with E-state index in [4.69, 9.17) is 0 Å². The zero-order chi connectivity index (χ0) is 9.52. The maximum Gasteiger partial charge on any atom is 0.00671 e. The van der Waals surface area contributed by atoms with E-state index in [1.807, 2.05) is 0 Å². The fraction of sp³-hybridized carbons (Fsp3) is 1.00. The van der Waals surface area contributed by atoms with Gasteiger partial charge in [0.25, 0.3) is 0 Å². The Kier molecular flexibility index (Phi) is 5.45. The number of nitrogens with one attached hydrogen (secondary N) is 1. The standard InChI is InChI=1S/C12H25N/c1-3-11(4-2)8-9-12-7-5-6-10-13-12/h11-13H,3-10H2,1-2H3/t12-/m1/s1. The van der Waals surface area contributed by atoms with E-state index in [9.17, 15) is 0 Å². The van der Waals surface area contributed by atoms with E-state index in [0.717, 1.165) is 12.0 Å². The first-order chi connectivity index (χ1) is 6.36. The van der Waals surface area contributed by atoms with Crippen molar-refractivity contribution in [1.82, 2.24) is 5.32 Å². The van der Waals surface area contributed by atoms with Gasteiger partial charge in [-0.05, 0) is 38.1 Å². The first kappa shape index (κ1) is 11.0. The van der Waals surface area contributed by atoms with E-state index in [2.05, 4.69) is 19.2 Å². The van der Waals surface area contributed by atoms with Crippen molar-refractivity contribution >= 4 is 0 Å². The van der Waals surface area contributed by atoms with E-state index in [0.29, 0.717) is 0 Å². The summed E-state index contributed by atoms with van der Waals surface area (Å²) in [5.41, 5.74) is 0. The van der Waals surface area contributed by atoms with E-state index in [-0.39, 0.29) is 0 Å². The van der Waals surface area contributed by atoms with E-state index in [1.54, 1.807) is 0 Å². The molecule has 1 nitrogen and oxygen atoms in total. The summed E-state index contributed by atoms with van der Waals surface area (Å²) >= 11 is 0. The van der Waals surface area contributed by atoms with Gasteiger partial charge in [-0.3, -0.25) is 0 Å². The van der Waals surface area contributed by atoms with Crippen LogP contribution in [-0.2, 0) is 0 Å². The van der Waals surface area contributed by atoms with Crippen molar-refractivity contribution in [3.8, 4) is 0 Å². The second-order valence-corrected chi connectivity index (χ2v) is 4.41. The summed E-state index contributed by atoms with van der Waals surface area (Å²) in [4.78, 5) is 0. The summed E-state index contributed by atoms with van der Waals surface area (Å²) in [6.07, 6.45) is 9.83. The largest absolute Gasteiger partial charge is 0.314 e. The smallest absolute Gasteiger partial charge is 0.00671 e. The molecule has 1 heterocycles. The SMILES string of the molecule is CCC(CC)CC[C@H]1CCCCN1. The molecule has 0 bridgehead atoms. The predicted molar refractivity (Wildman–Crippen MR) is 58.9 cm³/mol. The van der Waals surface area contributed by atoms with Gasteiger partial charge in [-0.1, -0.05) is 33.1 Å². The molecule has 0 spiro atoms. The van der Waals surface area contributed by atoms with Crippen LogP contribution < -0.4 is 5.32 Å². The fourth-order valence-corrected chi connectivity index (χ4v) is 2.30. The molecule has 1 rings (SSSR count). The van der Waals surface area contributed by atoms with Gasteiger partial charge in [-0.15, -0.1) is 0 Å². The number of piperidine rings is 1. The minimum Gasteiger partial charge on any atom is -0.314 e. The fourth-order valence-electron chi connectivity index (χ4n) is 2.30. The van der Waals surface area contributed by atoms with Crippen molar-refractivity contribution in [2.75, 3.05) is 6.54 Å². The number of rotatable bonds is 5. The highest BCUT2D eigenvalue weighted by Crippen LogP contribution is 2.19. The van der Waals surface area contributed by atoms with Gasteiger partial charge >= 0.3 is 0 Å². The Balaban J connectivity index is 2.09. The second kappa shape index (κ2) is 6.42. The second-order valence-electron chi connectivity index (χ2n) is 4.41. The molecule has 0 aromatic rings. The molecule has 1 saturated heterocycles. The van der Waals surface area contributed by atoms with E-state index in [1.165, 1.54) is 51.5 Å². The lowest BCUT2D eigenvalue weighted by molar-refractivity contribution is 0.338. The van der Waals surface area contributed by atoms with Crippen LogP contribution in [-0.4, -0.2) is 12.6 Å². The van der Waals surface area contributed by atoms with Crippen molar-refractivity contribution in [1.29, 1.82) is 0 Å². The normalized spacial score (nSPS) is 23.8. The van der Waals surface area contributed by atoms with Gasteiger partial charge in [0.2, 0.25) is 0 Å². The Hall–Kier alpha value is -0.0400. The lowest BCUT2D eigenvalue weighted by Crippen LogP contribution is -2.34. The van der Waals surface area contributed by atoms with E-state index >= 15 is 0 Å². The molecule has 1 atom stereocenters. The summed E-state index contributed by atoms with van der Waals surface area (Å²) in [7, 11) is 0. The lowest BCUT2D eigenvalue weighted by atomic mass is 9.92. The summed E-state index contributed by atoms with van der Waals surface area (Å²) in [6, 6.07) is 0.842. The molecule has 0 amide bonds.